The van der Waals surface area contributed by atoms with E-state index in [2.05, 4.69) is 23.5 Å². The lowest BCUT2D eigenvalue weighted by atomic mass is 9.54. The zero-order valence-electron chi connectivity index (χ0n) is 15.1. The van der Waals surface area contributed by atoms with Crippen LogP contribution in [0.15, 0.2) is 29.8 Å². The van der Waals surface area contributed by atoms with E-state index in [9.17, 15) is 15.8 Å². The van der Waals surface area contributed by atoms with Gasteiger partial charge < -0.3 is 20.2 Å². The standard InChI is InChI=1S/C20H19N5O2/c1-26-12-3-4-17(27-2)14(7-12)18-16-9-25-6-5-13(16)15(8-21)19(24)20(18,10-22)11-23/h3-5,7,15-16,18,24-25H,6,9H2,1-2H3/t15-,16+,18-/m0/s1. The molecule has 136 valence electrons. The van der Waals surface area contributed by atoms with E-state index in [1.807, 2.05) is 6.08 Å². The lowest BCUT2D eigenvalue weighted by Crippen LogP contribution is -2.52. The molecular formula is C20H19N5O2. The van der Waals surface area contributed by atoms with Crippen molar-refractivity contribution in [1.29, 1.82) is 21.2 Å². The fourth-order valence-electron chi connectivity index (χ4n) is 4.16. The molecule has 2 N–H and O–H groups in total. The van der Waals surface area contributed by atoms with Gasteiger partial charge in [-0.15, -0.1) is 0 Å². The van der Waals surface area contributed by atoms with Crippen molar-refractivity contribution in [2.75, 3.05) is 27.3 Å². The summed E-state index contributed by atoms with van der Waals surface area (Å²) in [5.41, 5.74) is -0.520. The molecule has 1 aliphatic carbocycles. The van der Waals surface area contributed by atoms with Gasteiger partial charge in [0.15, 0.2) is 5.41 Å². The molecule has 1 aromatic carbocycles. The van der Waals surface area contributed by atoms with E-state index in [1.54, 1.807) is 18.2 Å². The lowest BCUT2D eigenvalue weighted by Gasteiger charge is -2.46. The van der Waals surface area contributed by atoms with Crippen LogP contribution in [0.1, 0.15) is 11.5 Å². The molecule has 0 saturated heterocycles. The summed E-state index contributed by atoms with van der Waals surface area (Å²) in [5.74, 6) is -0.724. The lowest BCUT2D eigenvalue weighted by molar-refractivity contribution is 0.316. The van der Waals surface area contributed by atoms with Crippen molar-refractivity contribution >= 4 is 5.71 Å². The number of nitriles is 3. The number of methoxy groups -OCH3 is 2. The summed E-state index contributed by atoms with van der Waals surface area (Å²) in [4.78, 5) is 0. The Morgan fingerprint density at radius 2 is 1.93 bits per heavy atom. The van der Waals surface area contributed by atoms with Crippen LogP contribution in [0.5, 0.6) is 11.5 Å². The molecule has 1 aliphatic heterocycles. The van der Waals surface area contributed by atoms with Crippen LogP contribution < -0.4 is 14.8 Å². The molecule has 0 amide bonds. The molecule has 27 heavy (non-hydrogen) atoms. The molecule has 0 spiro atoms. The van der Waals surface area contributed by atoms with Crippen LogP contribution in [-0.2, 0) is 0 Å². The highest BCUT2D eigenvalue weighted by Gasteiger charge is 2.57. The second-order valence-corrected chi connectivity index (χ2v) is 6.56. The molecule has 7 nitrogen and oxygen atoms in total. The molecule has 3 rings (SSSR count). The van der Waals surface area contributed by atoms with Gasteiger partial charge in [-0.3, -0.25) is 0 Å². The van der Waals surface area contributed by atoms with Gasteiger partial charge in [0.2, 0.25) is 0 Å². The molecule has 1 saturated carbocycles. The number of nitrogens with zero attached hydrogens (tertiary/aromatic N) is 3. The van der Waals surface area contributed by atoms with Crippen LogP contribution in [0.3, 0.4) is 0 Å². The highest BCUT2D eigenvalue weighted by molar-refractivity contribution is 6.01. The quantitative estimate of drug-likeness (QED) is 0.794. The third kappa shape index (κ3) is 2.63. The second-order valence-electron chi connectivity index (χ2n) is 6.56. The number of nitrogens with one attached hydrogen (secondary N) is 2. The zero-order valence-corrected chi connectivity index (χ0v) is 15.1. The van der Waals surface area contributed by atoms with Gasteiger partial charge in [-0.2, -0.15) is 15.8 Å². The normalized spacial score (nSPS) is 25.8. The predicted octanol–water partition coefficient (Wildman–Crippen LogP) is 2.14. The van der Waals surface area contributed by atoms with Gasteiger partial charge in [0.1, 0.15) is 17.4 Å². The van der Waals surface area contributed by atoms with Crippen LogP contribution >= 0.6 is 0 Å². The van der Waals surface area contributed by atoms with E-state index in [0.29, 0.717) is 30.2 Å². The molecule has 1 heterocycles. The van der Waals surface area contributed by atoms with Crippen LogP contribution in [0.2, 0.25) is 0 Å². The maximum Gasteiger partial charge on any atom is 0.189 e. The Balaban J connectivity index is 2.32. The Hall–Kier alpha value is -3.34. The fraction of sp³-hybridized carbons (Fsp3) is 0.400. The highest BCUT2D eigenvalue weighted by atomic mass is 16.5. The van der Waals surface area contributed by atoms with Crippen LogP contribution in [0.25, 0.3) is 0 Å². The zero-order chi connectivity index (χ0) is 19.6. The van der Waals surface area contributed by atoms with Crippen molar-refractivity contribution in [2.24, 2.45) is 17.3 Å². The first-order valence-corrected chi connectivity index (χ1v) is 8.51. The summed E-state index contributed by atoms with van der Waals surface area (Å²) in [6.07, 6.45) is 1.90. The topological polar surface area (TPSA) is 126 Å². The first-order chi connectivity index (χ1) is 13.1. The maximum atomic E-state index is 10.0. The summed E-state index contributed by atoms with van der Waals surface area (Å²) in [6, 6.07) is 11.5. The van der Waals surface area contributed by atoms with Crippen molar-refractivity contribution in [3.8, 4) is 29.7 Å². The fourth-order valence-corrected chi connectivity index (χ4v) is 4.16. The molecule has 0 aromatic heterocycles. The Morgan fingerprint density at radius 3 is 2.52 bits per heavy atom. The molecule has 0 unspecified atom stereocenters. The molecule has 0 radical (unpaired) electrons. The van der Waals surface area contributed by atoms with Gasteiger partial charge >= 0.3 is 0 Å². The van der Waals surface area contributed by atoms with Crippen molar-refractivity contribution < 1.29 is 9.47 Å². The molecule has 3 atom stereocenters. The van der Waals surface area contributed by atoms with E-state index in [-0.39, 0.29) is 11.6 Å². The maximum absolute atomic E-state index is 10.0. The molecule has 2 aliphatic rings. The number of hydrogen-bond acceptors (Lipinski definition) is 7. The highest BCUT2D eigenvalue weighted by Crippen LogP contribution is 2.54. The van der Waals surface area contributed by atoms with E-state index in [1.165, 1.54) is 14.2 Å². The average Bonchev–Trinajstić information content (AvgIpc) is 2.72. The number of benzene rings is 1. The van der Waals surface area contributed by atoms with Gasteiger partial charge in [-0.05, 0) is 23.8 Å². The molecule has 1 fully saturated rings. The monoisotopic (exact) mass is 361 g/mol. The Bertz CT molecular complexity index is 917. The van der Waals surface area contributed by atoms with Crippen molar-refractivity contribution in [2.45, 2.75) is 5.92 Å². The molecule has 0 bridgehead atoms. The minimum absolute atomic E-state index is 0.172. The van der Waals surface area contributed by atoms with Gasteiger partial charge in [0.05, 0.1) is 38.1 Å². The molecule has 7 heteroatoms. The first-order valence-electron chi connectivity index (χ1n) is 8.51. The van der Waals surface area contributed by atoms with E-state index >= 15 is 0 Å². The Morgan fingerprint density at radius 1 is 1.19 bits per heavy atom. The summed E-state index contributed by atoms with van der Waals surface area (Å²) in [6.45, 7) is 1.10. The number of rotatable bonds is 3. The van der Waals surface area contributed by atoms with Crippen molar-refractivity contribution in [3.05, 3.63) is 35.4 Å². The largest absolute Gasteiger partial charge is 0.497 e. The average molecular weight is 361 g/mol. The van der Waals surface area contributed by atoms with E-state index in [0.717, 1.165) is 5.57 Å². The van der Waals surface area contributed by atoms with E-state index in [4.69, 9.17) is 14.9 Å². The van der Waals surface area contributed by atoms with Gasteiger partial charge in [0, 0.05) is 30.5 Å². The van der Waals surface area contributed by atoms with Crippen LogP contribution in [0, 0.1) is 56.7 Å². The number of ether oxygens (including phenoxy) is 2. The van der Waals surface area contributed by atoms with Gasteiger partial charge in [-0.25, -0.2) is 0 Å². The SMILES string of the molecule is COc1ccc(OC)c([C@H]2[C@@H]3CNCC=C3[C@H](C#N)C(=N)C2(C#N)C#N)c1. The van der Waals surface area contributed by atoms with Gasteiger partial charge in [-0.1, -0.05) is 6.08 Å². The minimum Gasteiger partial charge on any atom is -0.497 e. The first kappa shape index (κ1) is 18.5. The Labute approximate surface area is 157 Å². The number of fused-ring (bicyclic) bond motifs is 1. The summed E-state index contributed by atoms with van der Waals surface area (Å²) >= 11 is 0. The third-order valence-corrected chi connectivity index (χ3v) is 5.44. The van der Waals surface area contributed by atoms with Gasteiger partial charge in [0.25, 0.3) is 0 Å². The summed E-state index contributed by atoms with van der Waals surface area (Å²) in [5, 5.41) is 41.5. The molecular weight excluding hydrogens is 342 g/mol. The predicted molar refractivity (Wildman–Crippen MR) is 97.2 cm³/mol. The summed E-state index contributed by atoms with van der Waals surface area (Å²) in [7, 11) is 3.06. The van der Waals surface area contributed by atoms with Crippen molar-refractivity contribution in [1.82, 2.24) is 5.32 Å². The minimum atomic E-state index is -1.76. The number of hydrogen-bond donors (Lipinski definition) is 2. The smallest absolute Gasteiger partial charge is 0.189 e. The van der Waals surface area contributed by atoms with E-state index < -0.39 is 17.3 Å². The second kappa shape index (κ2) is 7.11. The molecule has 1 aromatic rings. The van der Waals surface area contributed by atoms with Crippen molar-refractivity contribution in [3.63, 3.8) is 0 Å². The third-order valence-electron chi connectivity index (χ3n) is 5.44. The van der Waals surface area contributed by atoms with Crippen LogP contribution in [0.4, 0.5) is 0 Å². The van der Waals surface area contributed by atoms with Crippen LogP contribution in [-0.4, -0.2) is 33.0 Å². The summed E-state index contributed by atoms with van der Waals surface area (Å²) < 4.78 is 10.8. The Kier molecular flexibility index (Phi) is 4.86.